The van der Waals surface area contributed by atoms with Crippen molar-refractivity contribution >= 4 is 11.8 Å². The molecule has 0 aliphatic heterocycles. The monoisotopic (exact) mass is 250 g/mol. The second-order valence-corrected chi connectivity index (χ2v) is 5.05. The number of carbonyl (C=O) groups is 1. The van der Waals surface area contributed by atoms with Gasteiger partial charge in [-0.25, -0.2) is 4.79 Å². The Kier molecular flexibility index (Phi) is 4.22. The summed E-state index contributed by atoms with van der Waals surface area (Å²) >= 11 is 0. The molecule has 1 N–H and O–H groups in total. The molecule has 1 aromatic rings. The van der Waals surface area contributed by atoms with Gasteiger partial charge in [0.2, 0.25) is 0 Å². The summed E-state index contributed by atoms with van der Waals surface area (Å²) in [6.45, 7) is 9.13. The van der Waals surface area contributed by atoms with Crippen LogP contribution >= 0.6 is 0 Å². The molecule has 0 radical (unpaired) electrons. The highest BCUT2D eigenvalue weighted by atomic mass is 16.4. The molecule has 0 saturated carbocycles. The Labute approximate surface area is 108 Å². The fourth-order valence-electron chi connectivity index (χ4n) is 2.01. The average molecular weight is 250 g/mol. The van der Waals surface area contributed by atoms with E-state index in [9.17, 15) is 15.0 Å². The maximum Gasteiger partial charge on any atom is 0.412 e. The third-order valence-electron chi connectivity index (χ3n) is 2.95. The Morgan fingerprint density at radius 1 is 1.28 bits per heavy atom. The van der Waals surface area contributed by atoms with Crippen LogP contribution in [0.4, 0.5) is 10.5 Å². The molecule has 1 rings (SSSR count). The van der Waals surface area contributed by atoms with E-state index in [-0.39, 0.29) is 23.4 Å². The Morgan fingerprint density at radius 2 is 1.83 bits per heavy atom. The molecule has 0 fully saturated rings. The van der Waals surface area contributed by atoms with Crippen LogP contribution in [0.15, 0.2) is 12.1 Å². The SMILES string of the molecule is Cc1ccc(C(C)C)c([O-])c1N(C(=O)O)C(C)C. The van der Waals surface area contributed by atoms with E-state index in [1.54, 1.807) is 26.8 Å². The van der Waals surface area contributed by atoms with E-state index in [4.69, 9.17) is 0 Å². The summed E-state index contributed by atoms with van der Waals surface area (Å²) < 4.78 is 0. The first-order chi connectivity index (χ1) is 8.27. The maximum atomic E-state index is 12.4. The third kappa shape index (κ3) is 2.58. The van der Waals surface area contributed by atoms with E-state index in [0.717, 1.165) is 4.90 Å². The smallest absolute Gasteiger partial charge is 0.412 e. The number of hydrogen-bond donors (Lipinski definition) is 1. The Hall–Kier alpha value is -1.71. The largest absolute Gasteiger partial charge is 0.871 e. The molecule has 1 aromatic carbocycles. The predicted octanol–water partition coefficient (Wildman–Crippen LogP) is 3.08. The first-order valence-electron chi connectivity index (χ1n) is 6.10. The minimum atomic E-state index is -1.09. The van der Waals surface area contributed by atoms with Gasteiger partial charge in [-0.15, -0.1) is 0 Å². The lowest BCUT2D eigenvalue weighted by Gasteiger charge is -2.32. The van der Waals surface area contributed by atoms with Crippen molar-refractivity contribution in [2.45, 2.75) is 46.6 Å². The molecule has 0 aromatic heterocycles. The van der Waals surface area contributed by atoms with Crippen LogP contribution in [0.25, 0.3) is 0 Å². The van der Waals surface area contributed by atoms with Crippen LogP contribution in [0.3, 0.4) is 0 Å². The summed E-state index contributed by atoms with van der Waals surface area (Å²) in [4.78, 5) is 12.5. The van der Waals surface area contributed by atoms with Gasteiger partial charge in [-0.2, -0.15) is 0 Å². The van der Waals surface area contributed by atoms with Crippen molar-refractivity contribution in [3.05, 3.63) is 23.3 Å². The highest BCUT2D eigenvalue weighted by molar-refractivity contribution is 5.90. The van der Waals surface area contributed by atoms with Gasteiger partial charge in [0.15, 0.2) is 0 Å². The fraction of sp³-hybridized carbons (Fsp3) is 0.500. The first-order valence-corrected chi connectivity index (χ1v) is 6.10. The molecular weight excluding hydrogens is 230 g/mol. The first kappa shape index (κ1) is 14.4. The van der Waals surface area contributed by atoms with Gasteiger partial charge in [-0.1, -0.05) is 37.3 Å². The molecule has 4 nitrogen and oxygen atoms in total. The minimum Gasteiger partial charge on any atom is -0.871 e. The van der Waals surface area contributed by atoms with Gasteiger partial charge in [0.1, 0.15) is 0 Å². The van der Waals surface area contributed by atoms with Gasteiger partial charge >= 0.3 is 6.09 Å². The van der Waals surface area contributed by atoms with E-state index < -0.39 is 6.09 Å². The van der Waals surface area contributed by atoms with Crippen molar-refractivity contribution in [1.29, 1.82) is 0 Å². The number of amides is 1. The van der Waals surface area contributed by atoms with Crippen molar-refractivity contribution in [2.75, 3.05) is 4.90 Å². The summed E-state index contributed by atoms with van der Waals surface area (Å²) in [5, 5.41) is 21.6. The molecule has 0 unspecified atom stereocenters. The molecule has 1 amide bonds. The zero-order chi connectivity index (χ0) is 14.0. The molecule has 100 valence electrons. The number of rotatable bonds is 3. The normalized spacial score (nSPS) is 11.1. The van der Waals surface area contributed by atoms with Gasteiger partial charge in [0.25, 0.3) is 0 Å². The predicted molar refractivity (Wildman–Crippen MR) is 70.4 cm³/mol. The number of carboxylic acid groups (broad SMARTS) is 1. The van der Waals surface area contributed by atoms with Crippen molar-refractivity contribution in [1.82, 2.24) is 0 Å². The van der Waals surface area contributed by atoms with Crippen molar-refractivity contribution in [3.63, 3.8) is 0 Å². The number of hydrogen-bond acceptors (Lipinski definition) is 2. The van der Waals surface area contributed by atoms with Crippen LogP contribution in [0.5, 0.6) is 5.75 Å². The molecule has 0 aliphatic carbocycles. The second-order valence-electron chi connectivity index (χ2n) is 5.05. The van der Waals surface area contributed by atoms with Crippen LogP contribution in [0.2, 0.25) is 0 Å². The summed E-state index contributed by atoms with van der Waals surface area (Å²) in [6.07, 6.45) is -1.09. The Bertz CT molecular complexity index is 453. The van der Waals surface area contributed by atoms with Gasteiger partial charge < -0.3 is 10.2 Å². The molecule has 4 heteroatoms. The average Bonchev–Trinajstić information content (AvgIpc) is 2.21. The highest BCUT2D eigenvalue weighted by Crippen LogP contribution is 2.36. The van der Waals surface area contributed by atoms with Crippen molar-refractivity contribution in [2.24, 2.45) is 0 Å². The molecule has 18 heavy (non-hydrogen) atoms. The number of nitrogens with zero attached hydrogens (tertiary/aromatic N) is 1. The van der Waals surface area contributed by atoms with Gasteiger partial charge in [0.05, 0.1) is 0 Å². The number of anilines is 1. The maximum absolute atomic E-state index is 12.4. The van der Waals surface area contributed by atoms with Crippen LogP contribution in [-0.2, 0) is 0 Å². The van der Waals surface area contributed by atoms with Crippen LogP contribution < -0.4 is 10.0 Å². The van der Waals surface area contributed by atoms with Crippen molar-refractivity contribution < 1.29 is 15.0 Å². The zero-order valence-electron chi connectivity index (χ0n) is 11.5. The summed E-state index contributed by atoms with van der Waals surface area (Å²) in [7, 11) is 0. The fourth-order valence-corrected chi connectivity index (χ4v) is 2.01. The van der Waals surface area contributed by atoms with Crippen LogP contribution in [-0.4, -0.2) is 17.2 Å². The Balaban J connectivity index is 3.46. The molecule has 0 aliphatic rings. The van der Waals surface area contributed by atoms with E-state index in [2.05, 4.69) is 0 Å². The molecule has 0 heterocycles. The van der Waals surface area contributed by atoms with Crippen LogP contribution in [0.1, 0.15) is 44.7 Å². The van der Waals surface area contributed by atoms with E-state index in [1.807, 2.05) is 19.9 Å². The molecule has 0 saturated heterocycles. The molecule has 0 atom stereocenters. The summed E-state index contributed by atoms with van der Waals surface area (Å²) in [5.41, 5.74) is 1.63. The summed E-state index contributed by atoms with van der Waals surface area (Å²) in [5.74, 6) is -0.0965. The Morgan fingerprint density at radius 3 is 2.22 bits per heavy atom. The topological polar surface area (TPSA) is 63.6 Å². The third-order valence-corrected chi connectivity index (χ3v) is 2.95. The van der Waals surface area contributed by atoms with E-state index >= 15 is 0 Å². The highest BCUT2D eigenvalue weighted by Gasteiger charge is 2.21. The number of benzene rings is 1. The summed E-state index contributed by atoms with van der Waals surface area (Å²) in [6, 6.07) is 3.33. The lowest BCUT2D eigenvalue weighted by molar-refractivity contribution is -0.268. The minimum absolute atomic E-state index is 0.0830. The van der Waals surface area contributed by atoms with Gasteiger partial charge in [-0.05, 0) is 32.3 Å². The van der Waals surface area contributed by atoms with Gasteiger partial charge in [-0.3, -0.25) is 4.90 Å². The van der Waals surface area contributed by atoms with Gasteiger partial charge in [0, 0.05) is 11.7 Å². The van der Waals surface area contributed by atoms with E-state index in [1.165, 1.54) is 0 Å². The quantitative estimate of drug-likeness (QED) is 0.896. The standard InChI is InChI=1S/C14H21NO3/c1-8(2)11-7-6-10(5)12(13(11)16)15(9(3)4)14(17)18/h6-9,16H,1-5H3,(H,17,18)/p-1. The van der Waals surface area contributed by atoms with Crippen molar-refractivity contribution in [3.8, 4) is 5.75 Å². The van der Waals surface area contributed by atoms with E-state index in [0.29, 0.717) is 11.1 Å². The lowest BCUT2D eigenvalue weighted by Crippen LogP contribution is -2.37. The molecule has 0 spiro atoms. The number of aryl methyl sites for hydroxylation is 1. The second kappa shape index (κ2) is 5.29. The molecular formula is C14H20NO3-. The zero-order valence-corrected chi connectivity index (χ0v) is 11.5. The molecule has 0 bridgehead atoms. The van der Waals surface area contributed by atoms with Crippen LogP contribution in [0, 0.1) is 6.92 Å². The lowest BCUT2D eigenvalue weighted by atomic mass is 9.98.